The Labute approximate surface area is 106 Å². The predicted octanol–water partition coefficient (Wildman–Crippen LogP) is 2.72. The molecule has 1 aliphatic heterocycles. The highest BCUT2D eigenvalue weighted by molar-refractivity contribution is 7.99. The maximum absolute atomic E-state index is 10.8. The molecule has 1 aliphatic rings. The van der Waals surface area contributed by atoms with Crippen LogP contribution in [0.5, 0.6) is 0 Å². The van der Waals surface area contributed by atoms with Crippen molar-refractivity contribution in [1.82, 2.24) is 0 Å². The zero-order valence-electron chi connectivity index (χ0n) is 9.93. The maximum atomic E-state index is 10.8. The van der Waals surface area contributed by atoms with Crippen LogP contribution in [0.1, 0.15) is 23.7 Å². The number of anilines is 1. The number of aromatic carboxylic acids is 1. The van der Waals surface area contributed by atoms with E-state index in [1.165, 1.54) is 17.9 Å². The number of nitrogens with zero attached hydrogens (tertiary/aromatic N) is 1. The molecule has 3 nitrogen and oxygen atoms in total. The van der Waals surface area contributed by atoms with Crippen LogP contribution < -0.4 is 4.90 Å². The number of carboxylic acid groups (broad SMARTS) is 1. The van der Waals surface area contributed by atoms with Gasteiger partial charge in [-0.15, -0.1) is 0 Å². The summed E-state index contributed by atoms with van der Waals surface area (Å²) in [5.74, 6) is 1.54. The quantitative estimate of drug-likeness (QED) is 0.893. The maximum Gasteiger partial charge on any atom is 0.335 e. The van der Waals surface area contributed by atoms with Gasteiger partial charge in [0.15, 0.2) is 0 Å². The third kappa shape index (κ3) is 2.75. The summed E-state index contributed by atoms with van der Waals surface area (Å²) in [4.78, 5) is 13.2. The van der Waals surface area contributed by atoms with Gasteiger partial charge in [-0.05, 0) is 43.4 Å². The van der Waals surface area contributed by atoms with Crippen molar-refractivity contribution in [2.75, 3.05) is 23.0 Å². The van der Waals surface area contributed by atoms with Crippen LogP contribution in [0, 0.1) is 0 Å². The molecule has 1 aromatic carbocycles. The van der Waals surface area contributed by atoms with Crippen LogP contribution in [-0.2, 0) is 0 Å². The Bertz CT molecular complexity index is 385. The van der Waals surface area contributed by atoms with Gasteiger partial charge < -0.3 is 10.0 Å². The number of benzene rings is 1. The van der Waals surface area contributed by atoms with E-state index in [1.54, 1.807) is 12.1 Å². The van der Waals surface area contributed by atoms with Gasteiger partial charge in [0, 0.05) is 24.0 Å². The second-order valence-electron chi connectivity index (χ2n) is 4.16. The Morgan fingerprint density at radius 1 is 1.47 bits per heavy atom. The first-order valence-corrected chi connectivity index (χ1v) is 7.05. The van der Waals surface area contributed by atoms with Crippen molar-refractivity contribution in [3.8, 4) is 0 Å². The Morgan fingerprint density at radius 2 is 2.18 bits per heavy atom. The third-order valence-electron chi connectivity index (χ3n) is 3.13. The second kappa shape index (κ2) is 5.45. The monoisotopic (exact) mass is 251 g/mol. The Kier molecular flexibility index (Phi) is 3.94. The van der Waals surface area contributed by atoms with Crippen LogP contribution in [0.15, 0.2) is 24.3 Å². The zero-order chi connectivity index (χ0) is 12.3. The average molecular weight is 251 g/mol. The summed E-state index contributed by atoms with van der Waals surface area (Å²) in [6.07, 6.45) is 1.22. The molecule has 0 amide bonds. The molecule has 0 aromatic heterocycles. The molecular weight excluding hydrogens is 234 g/mol. The summed E-state index contributed by atoms with van der Waals surface area (Å²) < 4.78 is 0. The van der Waals surface area contributed by atoms with Gasteiger partial charge in [-0.3, -0.25) is 0 Å². The lowest BCUT2D eigenvalue weighted by Gasteiger charge is -2.29. The summed E-state index contributed by atoms with van der Waals surface area (Å²) in [6.45, 7) is 3.12. The van der Waals surface area contributed by atoms with Gasteiger partial charge in [-0.25, -0.2) is 4.79 Å². The number of carbonyl (C=O) groups is 1. The lowest BCUT2D eigenvalue weighted by atomic mass is 10.1. The van der Waals surface area contributed by atoms with Crippen molar-refractivity contribution < 1.29 is 9.90 Å². The average Bonchev–Trinajstić information content (AvgIpc) is 2.84. The highest BCUT2D eigenvalue weighted by Gasteiger charge is 2.22. The van der Waals surface area contributed by atoms with E-state index in [0.717, 1.165) is 12.2 Å². The largest absolute Gasteiger partial charge is 0.478 e. The summed E-state index contributed by atoms with van der Waals surface area (Å²) >= 11 is 1.99. The molecule has 0 bridgehead atoms. The smallest absolute Gasteiger partial charge is 0.335 e. The zero-order valence-corrected chi connectivity index (χ0v) is 10.7. The molecular formula is C13H17NO2S. The van der Waals surface area contributed by atoms with Gasteiger partial charge in [-0.1, -0.05) is 0 Å². The van der Waals surface area contributed by atoms with E-state index in [4.69, 9.17) is 5.11 Å². The summed E-state index contributed by atoms with van der Waals surface area (Å²) in [5.41, 5.74) is 1.48. The van der Waals surface area contributed by atoms with Gasteiger partial charge in [0.25, 0.3) is 0 Å². The van der Waals surface area contributed by atoms with Gasteiger partial charge in [-0.2, -0.15) is 11.8 Å². The molecule has 0 unspecified atom stereocenters. The third-order valence-corrected chi connectivity index (χ3v) is 4.28. The SMILES string of the molecule is CCN(c1ccc(C(=O)O)cc1)[C@@H]1CCSC1. The highest BCUT2D eigenvalue weighted by Crippen LogP contribution is 2.27. The Balaban J connectivity index is 2.16. The lowest BCUT2D eigenvalue weighted by Crippen LogP contribution is -2.35. The molecule has 1 saturated heterocycles. The predicted molar refractivity (Wildman–Crippen MR) is 72.2 cm³/mol. The minimum absolute atomic E-state index is 0.352. The highest BCUT2D eigenvalue weighted by atomic mass is 32.2. The molecule has 2 rings (SSSR count). The van der Waals surface area contributed by atoms with Gasteiger partial charge in [0.2, 0.25) is 0 Å². The molecule has 0 radical (unpaired) electrons. The Morgan fingerprint density at radius 3 is 2.65 bits per heavy atom. The molecule has 1 heterocycles. The molecule has 4 heteroatoms. The minimum atomic E-state index is -0.865. The molecule has 0 aliphatic carbocycles. The molecule has 1 aromatic rings. The van der Waals surface area contributed by atoms with Crippen LogP contribution >= 0.6 is 11.8 Å². The van der Waals surface area contributed by atoms with E-state index in [9.17, 15) is 4.79 Å². The normalized spacial score (nSPS) is 19.2. The van der Waals surface area contributed by atoms with E-state index < -0.39 is 5.97 Å². The van der Waals surface area contributed by atoms with E-state index in [1.807, 2.05) is 23.9 Å². The van der Waals surface area contributed by atoms with Crippen molar-refractivity contribution in [3.05, 3.63) is 29.8 Å². The number of thioether (sulfide) groups is 1. The van der Waals surface area contributed by atoms with Crippen LogP contribution in [0.2, 0.25) is 0 Å². The van der Waals surface area contributed by atoms with Crippen LogP contribution in [0.25, 0.3) is 0 Å². The fraction of sp³-hybridized carbons (Fsp3) is 0.462. The molecule has 1 atom stereocenters. The standard InChI is InChI=1S/C13H17NO2S/c1-2-14(12-7-8-17-9-12)11-5-3-10(4-6-11)13(15)16/h3-6,12H,2,7-9H2,1H3,(H,15,16)/t12-/m1/s1. The van der Waals surface area contributed by atoms with E-state index in [2.05, 4.69) is 11.8 Å². The molecule has 1 N–H and O–H groups in total. The summed E-state index contributed by atoms with van der Waals surface area (Å²) in [5, 5.41) is 8.87. The molecule has 1 fully saturated rings. The molecule has 92 valence electrons. The summed E-state index contributed by atoms with van der Waals surface area (Å²) in [7, 11) is 0. The molecule has 0 saturated carbocycles. The fourth-order valence-electron chi connectivity index (χ4n) is 2.21. The van der Waals surface area contributed by atoms with Crippen molar-refractivity contribution >= 4 is 23.4 Å². The number of hydrogen-bond donors (Lipinski definition) is 1. The number of carboxylic acids is 1. The summed E-state index contributed by atoms with van der Waals surface area (Å²) in [6, 6.07) is 7.79. The van der Waals surface area contributed by atoms with Crippen molar-refractivity contribution in [3.63, 3.8) is 0 Å². The van der Waals surface area contributed by atoms with Crippen LogP contribution in [-0.4, -0.2) is 35.2 Å². The topological polar surface area (TPSA) is 40.5 Å². The van der Waals surface area contributed by atoms with Crippen LogP contribution in [0.4, 0.5) is 5.69 Å². The molecule has 0 spiro atoms. The van der Waals surface area contributed by atoms with Crippen LogP contribution in [0.3, 0.4) is 0 Å². The van der Waals surface area contributed by atoms with Gasteiger partial charge in [0.1, 0.15) is 0 Å². The van der Waals surface area contributed by atoms with Crippen molar-refractivity contribution in [2.45, 2.75) is 19.4 Å². The van der Waals surface area contributed by atoms with E-state index in [0.29, 0.717) is 11.6 Å². The van der Waals surface area contributed by atoms with E-state index >= 15 is 0 Å². The lowest BCUT2D eigenvalue weighted by molar-refractivity contribution is 0.0697. The van der Waals surface area contributed by atoms with Gasteiger partial charge >= 0.3 is 5.97 Å². The Hall–Kier alpha value is -1.16. The first-order chi connectivity index (χ1) is 8.22. The minimum Gasteiger partial charge on any atom is -0.478 e. The van der Waals surface area contributed by atoms with Gasteiger partial charge in [0.05, 0.1) is 5.56 Å². The molecule has 17 heavy (non-hydrogen) atoms. The number of rotatable bonds is 4. The first-order valence-electron chi connectivity index (χ1n) is 5.90. The number of hydrogen-bond acceptors (Lipinski definition) is 3. The van der Waals surface area contributed by atoms with Crippen molar-refractivity contribution in [2.24, 2.45) is 0 Å². The van der Waals surface area contributed by atoms with Crippen molar-refractivity contribution in [1.29, 1.82) is 0 Å². The van der Waals surface area contributed by atoms with E-state index in [-0.39, 0.29) is 0 Å². The first kappa shape index (κ1) is 12.3. The second-order valence-corrected chi connectivity index (χ2v) is 5.31. The fourth-order valence-corrected chi connectivity index (χ4v) is 3.44.